The van der Waals surface area contributed by atoms with Crippen LogP contribution < -0.4 is 4.57 Å². The Labute approximate surface area is 143 Å². The Kier molecular flexibility index (Phi) is 4.30. The van der Waals surface area contributed by atoms with E-state index in [1.165, 1.54) is 29.7 Å². The van der Waals surface area contributed by atoms with E-state index in [-0.39, 0.29) is 0 Å². The highest BCUT2D eigenvalue weighted by atomic mass is 28.3. The lowest BCUT2D eigenvalue weighted by Gasteiger charge is -2.42. The lowest BCUT2D eigenvalue weighted by molar-refractivity contribution is 0.537. The van der Waals surface area contributed by atoms with E-state index >= 15 is 0 Å². The molecular weight excluding hydrogens is 294 g/mol. The van der Waals surface area contributed by atoms with Gasteiger partial charge in [0.15, 0.2) is 8.24 Å². The standard InChI is InChI=1S/C21H31NSi/c1-15-10-16(2)13-19(12-15)22(4)23(5,6)21-9-7-8-18-11-17(3)14-20(18)21/h7-10,12-13,17-18,20H,11,14H2,1-6H3. The molecular formula is C21H31NSi. The molecule has 0 spiro atoms. The van der Waals surface area contributed by atoms with Crippen molar-refractivity contribution in [3.05, 3.63) is 52.8 Å². The highest BCUT2D eigenvalue weighted by molar-refractivity contribution is 6.87. The lowest BCUT2D eigenvalue weighted by atomic mass is 9.91. The third-order valence-electron chi connectivity index (χ3n) is 6.02. The fraction of sp³-hybridized carbons (Fsp3) is 0.524. The molecule has 124 valence electrons. The number of fused-ring (bicyclic) bond motifs is 1. The number of allylic oxidation sites excluding steroid dienone is 4. The van der Waals surface area contributed by atoms with E-state index in [4.69, 9.17) is 0 Å². The fourth-order valence-corrected chi connectivity index (χ4v) is 7.55. The Morgan fingerprint density at radius 2 is 1.70 bits per heavy atom. The van der Waals surface area contributed by atoms with Gasteiger partial charge in [-0.05, 0) is 87.8 Å². The summed E-state index contributed by atoms with van der Waals surface area (Å²) in [7, 11) is 0.648. The van der Waals surface area contributed by atoms with Crippen LogP contribution in [-0.2, 0) is 0 Å². The summed E-state index contributed by atoms with van der Waals surface area (Å²) in [6.45, 7) is 11.9. The Hall–Kier alpha value is -1.28. The first kappa shape index (κ1) is 16.6. The van der Waals surface area contributed by atoms with Crippen molar-refractivity contribution in [1.29, 1.82) is 0 Å². The van der Waals surface area contributed by atoms with Gasteiger partial charge in [0, 0.05) is 5.69 Å². The summed E-state index contributed by atoms with van der Waals surface area (Å²) >= 11 is 0. The molecule has 3 atom stereocenters. The second kappa shape index (κ2) is 5.97. The summed E-state index contributed by atoms with van der Waals surface area (Å²) in [4.78, 5) is 0. The Balaban J connectivity index is 1.94. The number of rotatable bonds is 3. The highest BCUT2D eigenvalue weighted by Gasteiger charge is 2.42. The Bertz CT molecular complexity index is 636. The van der Waals surface area contributed by atoms with Crippen LogP contribution in [0.3, 0.4) is 0 Å². The van der Waals surface area contributed by atoms with E-state index in [0.717, 1.165) is 17.8 Å². The van der Waals surface area contributed by atoms with Crippen LogP contribution in [0, 0.1) is 31.6 Å². The summed E-state index contributed by atoms with van der Waals surface area (Å²) in [6, 6.07) is 6.95. The van der Waals surface area contributed by atoms with Crippen LogP contribution in [0.2, 0.25) is 13.1 Å². The lowest BCUT2D eigenvalue weighted by Crippen LogP contribution is -2.51. The zero-order valence-corrected chi connectivity index (χ0v) is 16.6. The van der Waals surface area contributed by atoms with Crippen molar-refractivity contribution in [2.45, 2.75) is 46.7 Å². The van der Waals surface area contributed by atoms with Crippen molar-refractivity contribution in [3.63, 3.8) is 0 Å². The topological polar surface area (TPSA) is 3.24 Å². The van der Waals surface area contributed by atoms with Gasteiger partial charge in [-0.25, -0.2) is 0 Å². The molecule has 0 radical (unpaired) electrons. The van der Waals surface area contributed by atoms with Crippen molar-refractivity contribution in [3.8, 4) is 0 Å². The molecule has 2 aliphatic rings. The second-order valence-electron chi connectivity index (χ2n) is 8.32. The van der Waals surface area contributed by atoms with Gasteiger partial charge in [-0.1, -0.05) is 36.4 Å². The van der Waals surface area contributed by atoms with E-state index in [2.05, 4.69) is 81.9 Å². The maximum absolute atomic E-state index is 2.61. The Morgan fingerprint density at radius 1 is 1.04 bits per heavy atom. The van der Waals surface area contributed by atoms with Gasteiger partial charge in [0.1, 0.15) is 0 Å². The van der Waals surface area contributed by atoms with Crippen LogP contribution in [0.1, 0.15) is 30.9 Å². The largest absolute Gasteiger partial charge is 0.397 e. The first-order valence-electron chi connectivity index (χ1n) is 9.00. The number of hydrogen-bond acceptors (Lipinski definition) is 1. The van der Waals surface area contributed by atoms with Gasteiger partial charge >= 0.3 is 0 Å². The van der Waals surface area contributed by atoms with Crippen LogP contribution in [0.5, 0.6) is 0 Å². The summed E-state index contributed by atoms with van der Waals surface area (Å²) < 4.78 is 2.61. The van der Waals surface area contributed by atoms with Crippen LogP contribution in [-0.4, -0.2) is 15.3 Å². The molecule has 23 heavy (non-hydrogen) atoms. The van der Waals surface area contributed by atoms with Crippen LogP contribution >= 0.6 is 0 Å². The minimum Gasteiger partial charge on any atom is -0.397 e. The van der Waals surface area contributed by atoms with Crippen LogP contribution in [0.4, 0.5) is 5.69 Å². The third-order valence-corrected chi connectivity index (χ3v) is 9.91. The molecule has 1 nitrogen and oxygen atoms in total. The molecule has 0 aliphatic heterocycles. The van der Waals surface area contributed by atoms with Gasteiger partial charge in [-0.2, -0.15) is 0 Å². The summed E-state index contributed by atoms with van der Waals surface area (Å²) in [5.74, 6) is 2.43. The molecule has 3 unspecified atom stereocenters. The zero-order valence-electron chi connectivity index (χ0n) is 15.6. The van der Waals surface area contributed by atoms with Crippen molar-refractivity contribution < 1.29 is 0 Å². The fourth-order valence-electron chi connectivity index (χ4n) is 4.65. The SMILES string of the molecule is Cc1cc(C)cc(N(C)[Si](C)(C)C2=CC=CC3CC(C)CC23)c1. The van der Waals surface area contributed by atoms with E-state index < -0.39 is 8.24 Å². The zero-order chi connectivity index (χ0) is 16.8. The Morgan fingerprint density at radius 3 is 2.35 bits per heavy atom. The average Bonchev–Trinajstić information content (AvgIpc) is 2.85. The quantitative estimate of drug-likeness (QED) is 0.650. The smallest absolute Gasteiger partial charge is 0.178 e. The van der Waals surface area contributed by atoms with E-state index in [9.17, 15) is 0 Å². The van der Waals surface area contributed by atoms with Crippen LogP contribution in [0.25, 0.3) is 0 Å². The molecule has 0 saturated heterocycles. The van der Waals surface area contributed by atoms with Crippen LogP contribution in [0.15, 0.2) is 41.6 Å². The molecule has 2 heteroatoms. The normalized spacial score (nSPS) is 26.9. The summed E-state index contributed by atoms with van der Waals surface area (Å²) in [5.41, 5.74) is 4.11. The molecule has 1 aromatic carbocycles. The minimum atomic E-state index is -1.66. The van der Waals surface area contributed by atoms with Gasteiger partial charge in [-0.3, -0.25) is 0 Å². The highest BCUT2D eigenvalue weighted by Crippen LogP contribution is 2.46. The molecule has 1 fully saturated rings. The number of aryl methyl sites for hydroxylation is 2. The molecule has 0 amide bonds. The predicted molar refractivity (Wildman–Crippen MR) is 104 cm³/mol. The molecule has 2 aliphatic carbocycles. The molecule has 3 rings (SSSR count). The molecule has 0 aromatic heterocycles. The van der Waals surface area contributed by atoms with E-state index in [0.29, 0.717) is 0 Å². The van der Waals surface area contributed by atoms with Gasteiger partial charge in [0.25, 0.3) is 0 Å². The van der Waals surface area contributed by atoms with Crippen molar-refractivity contribution in [2.75, 3.05) is 11.6 Å². The average molecular weight is 326 g/mol. The summed E-state index contributed by atoms with van der Waals surface area (Å²) in [5, 5.41) is 1.75. The maximum Gasteiger partial charge on any atom is 0.178 e. The maximum atomic E-state index is 2.61. The number of anilines is 1. The van der Waals surface area contributed by atoms with E-state index in [1.807, 2.05) is 0 Å². The molecule has 0 N–H and O–H groups in total. The minimum absolute atomic E-state index is 0.782. The molecule has 0 heterocycles. The first-order chi connectivity index (χ1) is 10.8. The van der Waals surface area contributed by atoms with Gasteiger partial charge < -0.3 is 4.57 Å². The van der Waals surface area contributed by atoms with Crippen molar-refractivity contribution in [1.82, 2.24) is 0 Å². The third kappa shape index (κ3) is 3.06. The number of benzene rings is 1. The molecule has 1 aromatic rings. The van der Waals surface area contributed by atoms with Gasteiger partial charge in [0.2, 0.25) is 0 Å². The van der Waals surface area contributed by atoms with Gasteiger partial charge in [-0.15, -0.1) is 0 Å². The first-order valence-corrected chi connectivity index (χ1v) is 11.9. The van der Waals surface area contributed by atoms with Gasteiger partial charge in [0.05, 0.1) is 0 Å². The van der Waals surface area contributed by atoms with Crippen molar-refractivity contribution in [2.24, 2.45) is 17.8 Å². The number of nitrogens with zero attached hydrogens (tertiary/aromatic N) is 1. The van der Waals surface area contributed by atoms with Crippen molar-refractivity contribution >= 4 is 13.9 Å². The predicted octanol–water partition coefficient (Wildman–Crippen LogP) is 5.64. The number of hydrogen-bond donors (Lipinski definition) is 0. The summed E-state index contributed by atoms with van der Waals surface area (Å²) in [6.07, 6.45) is 9.98. The molecule has 0 bridgehead atoms. The second-order valence-corrected chi connectivity index (χ2v) is 12.7. The molecule has 1 saturated carbocycles. The monoisotopic (exact) mass is 325 g/mol. The van der Waals surface area contributed by atoms with E-state index in [1.54, 1.807) is 5.20 Å².